The van der Waals surface area contributed by atoms with Crippen LogP contribution in [0.4, 0.5) is 35.5 Å². The van der Waals surface area contributed by atoms with Gasteiger partial charge in [-0.2, -0.15) is 26.3 Å². The molecule has 1 fully saturated rings. The number of nitrogens with two attached hydrogens (primary N) is 1. The molecule has 35 heavy (non-hydrogen) atoms. The Morgan fingerprint density at radius 3 is 2.46 bits per heavy atom. The van der Waals surface area contributed by atoms with E-state index in [1.54, 1.807) is 0 Å². The SMILES string of the molecule is CC1([C@H](c2ccc(OCC(F)(F)F)nc2)c2ccc(F)c(C(F)(F)F)n2)C(=O)NCCN1C(N)=O. The van der Waals surface area contributed by atoms with E-state index < -0.39 is 65.4 Å². The molecular formula is C20H18F7N5O3. The van der Waals surface area contributed by atoms with E-state index in [1.807, 2.05) is 0 Å². The number of hydrogen-bond acceptors (Lipinski definition) is 5. The molecule has 0 spiro atoms. The molecule has 0 saturated carbocycles. The maximum absolute atomic E-state index is 13.9. The van der Waals surface area contributed by atoms with Gasteiger partial charge in [0.1, 0.15) is 5.54 Å². The van der Waals surface area contributed by atoms with E-state index in [0.717, 1.165) is 29.3 Å². The van der Waals surface area contributed by atoms with Crippen LogP contribution in [0.5, 0.6) is 5.88 Å². The molecular weight excluding hydrogens is 491 g/mol. The molecule has 0 aromatic carbocycles. The summed E-state index contributed by atoms with van der Waals surface area (Å²) >= 11 is 0. The van der Waals surface area contributed by atoms with Crippen molar-refractivity contribution in [2.75, 3.05) is 19.7 Å². The van der Waals surface area contributed by atoms with Gasteiger partial charge in [-0.05, 0) is 24.6 Å². The Morgan fingerprint density at radius 2 is 1.91 bits per heavy atom. The van der Waals surface area contributed by atoms with Crippen molar-refractivity contribution in [2.45, 2.75) is 30.7 Å². The van der Waals surface area contributed by atoms with Crippen LogP contribution in [-0.2, 0) is 11.0 Å². The van der Waals surface area contributed by atoms with Gasteiger partial charge in [0.05, 0.1) is 11.6 Å². The highest BCUT2D eigenvalue weighted by Crippen LogP contribution is 2.41. The second-order valence-corrected chi connectivity index (χ2v) is 7.72. The number of halogens is 7. The number of nitrogens with zero attached hydrogens (tertiary/aromatic N) is 3. The van der Waals surface area contributed by atoms with Crippen LogP contribution in [0.3, 0.4) is 0 Å². The Kier molecular flexibility index (Phi) is 6.81. The van der Waals surface area contributed by atoms with Crippen molar-refractivity contribution in [2.24, 2.45) is 5.73 Å². The summed E-state index contributed by atoms with van der Waals surface area (Å²) in [5, 5.41) is 2.50. The first-order valence-electron chi connectivity index (χ1n) is 9.89. The lowest BCUT2D eigenvalue weighted by molar-refractivity contribution is -0.154. The molecule has 0 aliphatic carbocycles. The van der Waals surface area contributed by atoms with Crippen LogP contribution in [0.1, 0.15) is 29.8 Å². The Labute approximate surface area is 193 Å². The van der Waals surface area contributed by atoms with Gasteiger partial charge in [0.2, 0.25) is 11.8 Å². The number of ether oxygens (including phenoxy) is 1. The highest BCUT2D eigenvalue weighted by Gasteiger charge is 2.52. The minimum Gasteiger partial charge on any atom is -0.468 e. The van der Waals surface area contributed by atoms with E-state index in [1.165, 1.54) is 6.92 Å². The second-order valence-electron chi connectivity index (χ2n) is 7.72. The smallest absolute Gasteiger partial charge is 0.436 e. The van der Waals surface area contributed by atoms with Gasteiger partial charge in [-0.3, -0.25) is 4.79 Å². The van der Waals surface area contributed by atoms with Crippen molar-refractivity contribution in [1.29, 1.82) is 0 Å². The average Bonchev–Trinajstić information content (AvgIpc) is 2.75. The molecule has 15 heteroatoms. The van der Waals surface area contributed by atoms with Crippen LogP contribution < -0.4 is 15.8 Å². The van der Waals surface area contributed by atoms with E-state index in [0.29, 0.717) is 6.07 Å². The molecule has 1 aliphatic heterocycles. The molecule has 2 aromatic heterocycles. The molecule has 3 rings (SSSR count). The normalized spacial score (nSPS) is 19.8. The molecule has 1 saturated heterocycles. The Morgan fingerprint density at radius 1 is 1.23 bits per heavy atom. The fourth-order valence-electron chi connectivity index (χ4n) is 3.84. The van der Waals surface area contributed by atoms with Crippen molar-refractivity contribution < 1.29 is 45.1 Å². The van der Waals surface area contributed by atoms with Crippen molar-refractivity contribution in [1.82, 2.24) is 20.2 Å². The molecule has 8 nitrogen and oxygen atoms in total. The second kappa shape index (κ2) is 9.19. The number of aromatic nitrogens is 2. The summed E-state index contributed by atoms with van der Waals surface area (Å²) in [6.45, 7) is -0.533. The number of carbonyl (C=O) groups excluding carboxylic acids is 2. The molecule has 3 amide bonds. The minimum atomic E-state index is -5.18. The largest absolute Gasteiger partial charge is 0.468 e. The molecule has 1 unspecified atom stereocenters. The zero-order chi connectivity index (χ0) is 26.2. The van der Waals surface area contributed by atoms with E-state index in [9.17, 15) is 40.3 Å². The topological polar surface area (TPSA) is 110 Å². The number of carbonyl (C=O) groups is 2. The summed E-state index contributed by atoms with van der Waals surface area (Å²) in [5.74, 6) is -4.41. The van der Waals surface area contributed by atoms with Crippen LogP contribution in [0.2, 0.25) is 0 Å². The molecule has 0 radical (unpaired) electrons. The summed E-state index contributed by atoms with van der Waals surface area (Å²) in [4.78, 5) is 33.2. The number of piperazine rings is 1. The van der Waals surface area contributed by atoms with Crippen molar-refractivity contribution >= 4 is 11.9 Å². The molecule has 3 heterocycles. The van der Waals surface area contributed by atoms with Gasteiger partial charge in [0, 0.05) is 25.4 Å². The van der Waals surface area contributed by atoms with Crippen LogP contribution >= 0.6 is 0 Å². The van der Waals surface area contributed by atoms with E-state index in [-0.39, 0.29) is 18.7 Å². The van der Waals surface area contributed by atoms with Crippen LogP contribution in [0.25, 0.3) is 0 Å². The Bertz CT molecular complexity index is 1110. The lowest BCUT2D eigenvalue weighted by atomic mass is 9.75. The lowest BCUT2D eigenvalue weighted by Gasteiger charge is -2.47. The first-order valence-corrected chi connectivity index (χ1v) is 9.89. The number of primary amides is 1. The summed E-state index contributed by atoms with van der Waals surface area (Å²) in [7, 11) is 0. The highest BCUT2D eigenvalue weighted by atomic mass is 19.4. The number of nitrogens with one attached hydrogen (secondary N) is 1. The zero-order valence-corrected chi connectivity index (χ0v) is 17.9. The van der Waals surface area contributed by atoms with Gasteiger partial charge in [0.25, 0.3) is 0 Å². The maximum Gasteiger partial charge on any atom is 0.436 e. The van der Waals surface area contributed by atoms with E-state index in [4.69, 9.17) is 5.73 Å². The predicted octanol–water partition coefficient (Wildman–Crippen LogP) is 2.98. The van der Waals surface area contributed by atoms with Crippen LogP contribution in [0, 0.1) is 5.82 Å². The van der Waals surface area contributed by atoms with Gasteiger partial charge < -0.3 is 20.7 Å². The number of rotatable bonds is 5. The van der Waals surface area contributed by atoms with E-state index >= 15 is 0 Å². The van der Waals surface area contributed by atoms with E-state index in [2.05, 4.69) is 20.0 Å². The monoisotopic (exact) mass is 509 g/mol. The van der Waals surface area contributed by atoms with Gasteiger partial charge in [-0.25, -0.2) is 19.2 Å². The van der Waals surface area contributed by atoms with Gasteiger partial charge in [0.15, 0.2) is 18.1 Å². The van der Waals surface area contributed by atoms with Gasteiger partial charge >= 0.3 is 18.4 Å². The fraction of sp³-hybridized carbons (Fsp3) is 0.400. The highest BCUT2D eigenvalue weighted by molar-refractivity contribution is 5.93. The third-order valence-corrected chi connectivity index (χ3v) is 5.38. The summed E-state index contributed by atoms with van der Waals surface area (Å²) in [5.41, 5.74) is 1.12. The molecule has 3 N–H and O–H groups in total. The van der Waals surface area contributed by atoms with Crippen molar-refractivity contribution in [3.8, 4) is 5.88 Å². The number of alkyl halides is 6. The lowest BCUT2D eigenvalue weighted by Crippen LogP contribution is -2.68. The average molecular weight is 509 g/mol. The first kappa shape index (κ1) is 26.0. The first-order chi connectivity index (χ1) is 16.1. The molecule has 2 aromatic rings. The number of pyridine rings is 2. The van der Waals surface area contributed by atoms with Gasteiger partial charge in [-0.1, -0.05) is 6.07 Å². The number of hydrogen-bond donors (Lipinski definition) is 2. The third kappa shape index (κ3) is 5.38. The van der Waals surface area contributed by atoms with Crippen molar-refractivity contribution in [3.63, 3.8) is 0 Å². The summed E-state index contributed by atoms with van der Waals surface area (Å²) in [6.07, 6.45) is -8.87. The Hall–Kier alpha value is -3.65. The quantitative estimate of drug-likeness (QED) is 0.603. The maximum atomic E-state index is 13.9. The van der Waals surface area contributed by atoms with Crippen LogP contribution in [0.15, 0.2) is 30.5 Å². The third-order valence-electron chi connectivity index (χ3n) is 5.38. The predicted molar refractivity (Wildman–Crippen MR) is 105 cm³/mol. The molecule has 1 aliphatic rings. The minimum absolute atomic E-state index is 0.00278. The summed E-state index contributed by atoms with van der Waals surface area (Å²) in [6, 6.07) is 2.49. The van der Waals surface area contributed by atoms with Crippen LogP contribution in [-0.4, -0.2) is 58.2 Å². The zero-order valence-electron chi connectivity index (χ0n) is 17.9. The molecule has 2 atom stereocenters. The number of amides is 3. The van der Waals surface area contributed by atoms with Gasteiger partial charge in [-0.15, -0.1) is 0 Å². The molecule has 0 bridgehead atoms. The summed E-state index contributed by atoms with van der Waals surface area (Å²) < 4.78 is 95.8. The molecule has 190 valence electrons. The standard InChI is InChI=1S/C20H18F7N5O3/c1-18(16(33)29-6-7-32(18)17(28)34)14(12-4-3-11(21)15(31-12)20(25,26)27)10-2-5-13(30-8-10)35-9-19(22,23)24/h2-5,8,14H,6-7,9H2,1H3,(H2,28,34)(H,29,33)/t14-,18?/m1/s1. The Balaban J connectivity index is 2.17. The fourth-order valence-corrected chi connectivity index (χ4v) is 3.84. The number of urea groups is 1. The van der Waals surface area contributed by atoms with Crippen molar-refractivity contribution in [3.05, 3.63) is 53.2 Å².